The summed E-state index contributed by atoms with van der Waals surface area (Å²) in [5.41, 5.74) is 5.65. The van der Waals surface area contributed by atoms with Crippen LogP contribution in [0.2, 0.25) is 0 Å². The van der Waals surface area contributed by atoms with E-state index in [1.54, 1.807) is 6.92 Å². The minimum absolute atomic E-state index is 0.132. The largest absolute Gasteiger partial charge is 0.454 e. The molecule has 27 heavy (non-hydrogen) atoms. The molecule has 0 saturated carbocycles. The number of hydrogen-bond donors (Lipinski definition) is 1. The number of benzene rings is 1. The van der Waals surface area contributed by atoms with Crippen LogP contribution in [0.3, 0.4) is 0 Å². The van der Waals surface area contributed by atoms with Crippen LogP contribution < -0.4 is 9.47 Å². The fourth-order valence-electron chi connectivity index (χ4n) is 3.67. The van der Waals surface area contributed by atoms with E-state index in [-0.39, 0.29) is 12.6 Å². The van der Waals surface area contributed by atoms with Crippen LogP contribution in [0.4, 0.5) is 0 Å². The van der Waals surface area contributed by atoms with Crippen LogP contribution >= 0.6 is 11.3 Å². The van der Waals surface area contributed by atoms with Gasteiger partial charge >= 0.3 is 0 Å². The predicted octanol–water partition coefficient (Wildman–Crippen LogP) is 3.63. The number of nitrogens with one attached hydrogen (secondary N) is 1. The molecule has 5 rings (SSSR count). The quantitative estimate of drug-likeness (QED) is 0.699. The van der Waals surface area contributed by atoms with Gasteiger partial charge in [-0.05, 0) is 42.1 Å². The average Bonchev–Trinajstić information content (AvgIpc) is 3.40. The molecule has 2 aliphatic rings. The zero-order chi connectivity index (χ0) is 18.4. The Bertz CT molecular complexity index is 1020. The monoisotopic (exact) mass is 381 g/mol. The Balaban J connectivity index is 1.39. The second kappa shape index (κ2) is 6.51. The number of ketones is 1. The van der Waals surface area contributed by atoms with Crippen LogP contribution in [0.25, 0.3) is 11.3 Å². The van der Waals surface area contributed by atoms with E-state index in [1.165, 1.54) is 28.2 Å². The van der Waals surface area contributed by atoms with Gasteiger partial charge in [-0.1, -0.05) is 0 Å². The van der Waals surface area contributed by atoms with Gasteiger partial charge < -0.3 is 9.47 Å². The van der Waals surface area contributed by atoms with Crippen molar-refractivity contribution in [3.8, 4) is 22.8 Å². The maximum Gasteiger partial charge on any atom is 0.231 e. The van der Waals surface area contributed by atoms with Crippen molar-refractivity contribution < 1.29 is 14.3 Å². The number of Topliss-reactive ketones (excluding diaryl/α,β-unsaturated/α-hetero) is 1. The molecule has 138 valence electrons. The van der Waals surface area contributed by atoms with Crippen molar-refractivity contribution in [1.82, 2.24) is 15.1 Å². The maximum absolute atomic E-state index is 11.5. The Labute approximate surface area is 160 Å². The number of nitrogens with zero attached hydrogens (tertiary/aromatic N) is 2. The van der Waals surface area contributed by atoms with Crippen molar-refractivity contribution in [1.29, 1.82) is 0 Å². The lowest BCUT2D eigenvalue weighted by atomic mass is 10.0. The molecule has 6 nitrogen and oxygen atoms in total. The highest BCUT2D eigenvalue weighted by Gasteiger charge is 2.24. The highest BCUT2D eigenvalue weighted by molar-refractivity contribution is 7.12. The number of ether oxygens (including phenoxy) is 2. The second-order valence-corrected chi connectivity index (χ2v) is 7.84. The molecule has 0 aliphatic carbocycles. The summed E-state index contributed by atoms with van der Waals surface area (Å²) in [4.78, 5) is 14.8. The van der Waals surface area contributed by atoms with Crippen LogP contribution in [-0.2, 0) is 19.5 Å². The van der Waals surface area contributed by atoms with Gasteiger partial charge in [0.1, 0.15) is 0 Å². The second-order valence-electron chi connectivity index (χ2n) is 6.93. The molecule has 0 atom stereocenters. The zero-order valence-corrected chi connectivity index (χ0v) is 15.8. The Morgan fingerprint density at radius 3 is 3.04 bits per heavy atom. The van der Waals surface area contributed by atoms with Gasteiger partial charge in [-0.3, -0.25) is 14.8 Å². The number of hydrogen-bond acceptors (Lipinski definition) is 6. The topological polar surface area (TPSA) is 67.5 Å². The molecule has 0 fully saturated rings. The third kappa shape index (κ3) is 3.02. The molecule has 7 heteroatoms. The summed E-state index contributed by atoms with van der Waals surface area (Å²) in [6, 6.07) is 7.97. The molecular formula is C20H19N3O3S. The molecule has 0 unspecified atom stereocenters. The standard InChI is InChI=1S/C20H19N3O3S/c1-12(24)19-6-13(10-27-19)8-23-5-4-16-15(9-23)20(22-21-16)14-2-3-17-18(7-14)26-11-25-17/h2-3,6-7,10H,4-5,8-9,11H2,1H3,(H,21,22). The maximum atomic E-state index is 11.5. The van der Waals surface area contributed by atoms with E-state index in [0.717, 1.165) is 53.7 Å². The SMILES string of the molecule is CC(=O)c1cc(CN2CCc3[nH]nc(-c4ccc5c(c4)OCO5)c3C2)cs1. The minimum Gasteiger partial charge on any atom is -0.454 e. The average molecular weight is 381 g/mol. The van der Waals surface area contributed by atoms with Gasteiger partial charge in [-0.2, -0.15) is 5.10 Å². The van der Waals surface area contributed by atoms with Crippen LogP contribution in [0.5, 0.6) is 11.5 Å². The third-order valence-electron chi connectivity index (χ3n) is 5.07. The Morgan fingerprint density at radius 1 is 1.30 bits per heavy atom. The summed E-state index contributed by atoms with van der Waals surface area (Å²) in [5.74, 6) is 1.68. The normalized spacial score (nSPS) is 15.7. The van der Waals surface area contributed by atoms with Crippen molar-refractivity contribution >= 4 is 17.1 Å². The van der Waals surface area contributed by atoms with Gasteiger partial charge in [0.2, 0.25) is 6.79 Å². The van der Waals surface area contributed by atoms with Crippen LogP contribution in [0, 0.1) is 0 Å². The van der Waals surface area contributed by atoms with E-state index in [4.69, 9.17) is 9.47 Å². The Kier molecular flexibility index (Phi) is 3.98. The summed E-state index contributed by atoms with van der Waals surface area (Å²) in [5, 5.41) is 9.86. The van der Waals surface area contributed by atoms with Crippen molar-refractivity contribution in [3.05, 3.63) is 51.3 Å². The highest BCUT2D eigenvalue weighted by Crippen LogP contribution is 2.37. The summed E-state index contributed by atoms with van der Waals surface area (Å²) in [6.07, 6.45) is 0.941. The van der Waals surface area contributed by atoms with Gasteiger partial charge in [0.15, 0.2) is 17.3 Å². The molecule has 0 bridgehead atoms. The van der Waals surface area contributed by atoms with Crippen LogP contribution in [-0.4, -0.2) is 34.2 Å². The summed E-state index contributed by atoms with van der Waals surface area (Å²) >= 11 is 1.52. The van der Waals surface area contributed by atoms with Crippen molar-refractivity contribution in [2.45, 2.75) is 26.4 Å². The fraction of sp³-hybridized carbons (Fsp3) is 0.300. The lowest BCUT2D eigenvalue weighted by molar-refractivity contribution is 0.102. The first-order chi connectivity index (χ1) is 13.2. The lowest BCUT2D eigenvalue weighted by Crippen LogP contribution is -2.29. The van der Waals surface area contributed by atoms with E-state index in [2.05, 4.69) is 20.5 Å². The molecule has 0 radical (unpaired) electrons. The summed E-state index contributed by atoms with van der Waals surface area (Å²) in [6.45, 7) is 4.54. The molecule has 0 spiro atoms. The van der Waals surface area contributed by atoms with Gasteiger partial charge in [0, 0.05) is 42.9 Å². The van der Waals surface area contributed by atoms with E-state index < -0.39 is 0 Å². The molecule has 1 N–H and O–H groups in total. The first-order valence-electron chi connectivity index (χ1n) is 8.94. The number of aromatic nitrogens is 2. The number of H-pyrrole nitrogens is 1. The van der Waals surface area contributed by atoms with Gasteiger partial charge in [0.25, 0.3) is 0 Å². The first kappa shape index (κ1) is 16.5. The molecule has 0 amide bonds. The van der Waals surface area contributed by atoms with Crippen LogP contribution in [0.1, 0.15) is 33.4 Å². The van der Waals surface area contributed by atoms with Crippen molar-refractivity contribution in [3.63, 3.8) is 0 Å². The van der Waals surface area contributed by atoms with E-state index in [1.807, 2.05) is 24.3 Å². The number of carbonyl (C=O) groups is 1. The van der Waals surface area contributed by atoms with Gasteiger partial charge in [0.05, 0.1) is 10.6 Å². The van der Waals surface area contributed by atoms with E-state index in [0.29, 0.717) is 0 Å². The Hall–Kier alpha value is -2.64. The minimum atomic E-state index is 0.132. The van der Waals surface area contributed by atoms with Crippen LogP contribution in [0.15, 0.2) is 29.6 Å². The summed E-state index contributed by atoms with van der Waals surface area (Å²) in [7, 11) is 0. The number of rotatable bonds is 4. The van der Waals surface area contributed by atoms with E-state index >= 15 is 0 Å². The van der Waals surface area contributed by atoms with Gasteiger partial charge in [-0.25, -0.2) is 0 Å². The van der Waals surface area contributed by atoms with E-state index in [9.17, 15) is 4.79 Å². The fourth-order valence-corrected chi connectivity index (χ4v) is 4.48. The highest BCUT2D eigenvalue weighted by atomic mass is 32.1. The van der Waals surface area contributed by atoms with Gasteiger partial charge in [-0.15, -0.1) is 11.3 Å². The number of carbonyl (C=O) groups excluding carboxylic acids is 1. The number of aromatic amines is 1. The molecule has 0 saturated heterocycles. The predicted molar refractivity (Wildman–Crippen MR) is 102 cm³/mol. The zero-order valence-electron chi connectivity index (χ0n) is 14.9. The van der Waals surface area contributed by atoms with Crippen molar-refractivity contribution in [2.75, 3.05) is 13.3 Å². The molecule has 2 aromatic heterocycles. The summed E-state index contributed by atoms with van der Waals surface area (Å²) < 4.78 is 10.9. The molecule has 3 aromatic rings. The Morgan fingerprint density at radius 2 is 2.19 bits per heavy atom. The molecule has 4 heterocycles. The lowest BCUT2D eigenvalue weighted by Gasteiger charge is -2.26. The van der Waals surface area contributed by atoms with Crippen molar-refractivity contribution in [2.24, 2.45) is 0 Å². The number of thiophene rings is 1. The smallest absolute Gasteiger partial charge is 0.231 e. The molecule has 2 aliphatic heterocycles. The molecule has 1 aromatic carbocycles. The number of fused-ring (bicyclic) bond motifs is 2. The first-order valence-corrected chi connectivity index (χ1v) is 9.82. The third-order valence-corrected chi connectivity index (χ3v) is 6.15. The molecular weight excluding hydrogens is 362 g/mol.